The number of aromatic nitrogens is 1. The Morgan fingerprint density at radius 2 is 2.00 bits per heavy atom. The number of rotatable bonds is 6. The molecule has 0 spiro atoms. The van der Waals surface area contributed by atoms with Crippen molar-refractivity contribution in [3.63, 3.8) is 0 Å². The normalized spacial score (nSPS) is 14.8. The van der Waals surface area contributed by atoms with E-state index in [2.05, 4.69) is 0 Å². The van der Waals surface area contributed by atoms with Crippen molar-refractivity contribution in [2.45, 2.75) is 13.8 Å². The minimum atomic E-state index is 0.00915. The molecule has 4 rings (SSSR count). The number of methoxy groups -OCH3 is 1. The van der Waals surface area contributed by atoms with Crippen LogP contribution in [0.25, 0.3) is 10.2 Å². The van der Waals surface area contributed by atoms with E-state index in [1.165, 1.54) is 4.90 Å². The fourth-order valence-corrected chi connectivity index (χ4v) is 4.68. The average Bonchev–Trinajstić information content (AvgIpc) is 3.19. The Labute approximate surface area is 181 Å². The third-order valence-corrected chi connectivity index (χ3v) is 6.63. The highest BCUT2D eigenvalue weighted by Crippen LogP contribution is 2.32. The van der Waals surface area contributed by atoms with E-state index >= 15 is 0 Å². The third-order valence-electron chi connectivity index (χ3n) is 5.57. The minimum Gasteiger partial charge on any atom is -0.497 e. The lowest BCUT2D eigenvalue weighted by Gasteiger charge is -2.27. The van der Waals surface area contributed by atoms with Crippen LogP contribution in [0.1, 0.15) is 21.5 Å². The Bertz CT molecular complexity index is 1040. The van der Waals surface area contributed by atoms with Gasteiger partial charge in [-0.2, -0.15) is 0 Å². The Morgan fingerprint density at radius 3 is 2.77 bits per heavy atom. The largest absolute Gasteiger partial charge is 0.497 e. The predicted molar refractivity (Wildman–Crippen MR) is 120 cm³/mol. The first kappa shape index (κ1) is 20.8. The Kier molecular flexibility index (Phi) is 6.32. The molecule has 0 unspecified atom stereocenters. The SMILES string of the molecule is COc1ccc2sc(N(CC[NH+]3CCOCC3)C(=O)c3cc(C)ccc3C)nc2c1. The van der Waals surface area contributed by atoms with Crippen LogP contribution in [0.5, 0.6) is 5.75 Å². The molecular formula is C23H28N3O3S+. The number of anilines is 1. The second kappa shape index (κ2) is 9.12. The Balaban J connectivity index is 1.67. The zero-order valence-corrected chi connectivity index (χ0v) is 18.6. The van der Waals surface area contributed by atoms with Gasteiger partial charge in [0, 0.05) is 11.6 Å². The van der Waals surface area contributed by atoms with Gasteiger partial charge in [-0.05, 0) is 37.6 Å². The van der Waals surface area contributed by atoms with Crippen LogP contribution < -0.4 is 14.5 Å². The molecule has 1 aliphatic rings. The smallest absolute Gasteiger partial charge is 0.260 e. The highest BCUT2D eigenvalue weighted by molar-refractivity contribution is 7.22. The lowest BCUT2D eigenvalue weighted by atomic mass is 10.0. The maximum Gasteiger partial charge on any atom is 0.260 e. The summed E-state index contributed by atoms with van der Waals surface area (Å²) in [5, 5.41) is 0.733. The van der Waals surface area contributed by atoms with Crippen molar-refractivity contribution in [1.82, 2.24) is 4.98 Å². The van der Waals surface area contributed by atoms with E-state index in [0.29, 0.717) is 6.54 Å². The molecule has 1 fully saturated rings. The molecule has 2 heterocycles. The van der Waals surface area contributed by atoms with Crippen molar-refractivity contribution in [3.05, 3.63) is 53.1 Å². The number of ether oxygens (including phenoxy) is 2. The maximum atomic E-state index is 13.6. The van der Waals surface area contributed by atoms with Crippen molar-refractivity contribution in [2.75, 3.05) is 51.4 Å². The van der Waals surface area contributed by atoms with Crippen LogP contribution in [-0.4, -0.2) is 57.4 Å². The first-order valence-corrected chi connectivity index (χ1v) is 11.1. The standard InChI is InChI=1S/C23H27N3O3S/c1-16-4-5-17(2)19(14-16)22(27)26(9-8-25-10-12-29-13-11-25)23-24-20-15-18(28-3)6-7-21(20)30-23/h4-7,14-15H,8-13H2,1-3H3/p+1. The summed E-state index contributed by atoms with van der Waals surface area (Å²) >= 11 is 1.55. The molecule has 6 nitrogen and oxygen atoms in total. The van der Waals surface area contributed by atoms with Gasteiger partial charge in [0.15, 0.2) is 5.13 Å². The molecule has 1 saturated heterocycles. The van der Waals surface area contributed by atoms with Crippen molar-refractivity contribution < 1.29 is 19.2 Å². The molecule has 1 N–H and O–H groups in total. The van der Waals surface area contributed by atoms with Crippen molar-refractivity contribution in [1.29, 1.82) is 0 Å². The summed E-state index contributed by atoms with van der Waals surface area (Å²) in [7, 11) is 1.65. The second-order valence-corrected chi connectivity index (χ2v) is 8.73. The number of nitrogens with zero attached hydrogens (tertiary/aromatic N) is 2. The molecule has 1 amide bonds. The van der Waals surface area contributed by atoms with E-state index in [1.54, 1.807) is 18.4 Å². The molecule has 1 aromatic heterocycles. The number of carbonyl (C=O) groups is 1. The number of morpholine rings is 1. The number of benzene rings is 2. The number of carbonyl (C=O) groups excluding carboxylic acids is 1. The molecule has 30 heavy (non-hydrogen) atoms. The quantitative estimate of drug-likeness (QED) is 0.658. The number of hydrogen-bond donors (Lipinski definition) is 1. The maximum absolute atomic E-state index is 13.6. The van der Waals surface area contributed by atoms with E-state index in [-0.39, 0.29) is 5.91 Å². The van der Waals surface area contributed by atoms with Crippen molar-refractivity contribution in [2.24, 2.45) is 0 Å². The fourth-order valence-electron chi connectivity index (χ4n) is 3.71. The van der Waals surface area contributed by atoms with Gasteiger partial charge in [0.05, 0.1) is 43.6 Å². The summed E-state index contributed by atoms with van der Waals surface area (Å²) in [6.07, 6.45) is 0. The van der Waals surface area contributed by atoms with E-state index in [1.807, 2.05) is 55.1 Å². The van der Waals surface area contributed by atoms with Gasteiger partial charge in [-0.15, -0.1) is 0 Å². The Hall–Kier alpha value is -2.48. The van der Waals surface area contributed by atoms with Gasteiger partial charge >= 0.3 is 0 Å². The summed E-state index contributed by atoms with van der Waals surface area (Å²) in [6.45, 7) is 9.01. The number of hydrogen-bond acceptors (Lipinski definition) is 5. The molecular weight excluding hydrogens is 398 g/mol. The van der Waals surface area contributed by atoms with Gasteiger partial charge in [-0.1, -0.05) is 29.0 Å². The van der Waals surface area contributed by atoms with E-state index < -0.39 is 0 Å². The van der Waals surface area contributed by atoms with Crippen LogP contribution in [-0.2, 0) is 4.74 Å². The monoisotopic (exact) mass is 426 g/mol. The molecule has 0 radical (unpaired) electrons. The van der Waals surface area contributed by atoms with Gasteiger partial charge in [0.25, 0.3) is 5.91 Å². The summed E-state index contributed by atoms with van der Waals surface area (Å²) in [5.74, 6) is 0.777. The zero-order valence-electron chi connectivity index (χ0n) is 17.7. The fraction of sp³-hybridized carbons (Fsp3) is 0.391. The summed E-state index contributed by atoms with van der Waals surface area (Å²) < 4.78 is 11.9. The highest BCUT2D eigenvalue weighted by Gasteiger charge is 2.25. The number of fused-ring (bicyclic) bond motifs is 1. The molecule has 2 aromatic carbocycles. The number of amides is 1. The highest BCUT2D eigenvalue weighted by atomic mass is 32.1. The van der Waals surface area contributed by atoms with E-state index in [4.69, 9.17) is 14.5 Å². The summed E-state index contributed by atoms with van der Waals surface area (Å²) in [6, 6.07) is 11.9. The molecule has 0 bridgehead atoms. The van der Waals surface area contributed by atoms with E-state index in [0.717, 1.165) is 70.6 Å². The average molecular weight is 427 g/mol. The first-order valence-electron chi connectivity index (χ1n) is 10.3. The van der Waals surface area contributed by atoms with Gasteiger partial charge in [-0.25, -0.2) is 4.98 Å². The van der Waals surface area contributed by atoms with Crippen molar-refractivity contribution >= 4 is 32.6 Å². The Morgan fingerprint density at radius 1 is 1.20 bits per heavy atom. The molecule has 3 aromatic rings. The summed E-state index contributed by atoms with van der Waals surface area (Å²) in [5.41, 5.74) is 3.66. The van der Waals surface area contributed by atoms with Gasteiger partial charge in [0.1, 0.15) is 18.8 Å². The van der Waals surface area contributed by atoms with Crippen LogP contribution in [0.4, 0.5) is 5.13 Å². The van der Waals surface area contributed by atoms with Crippen LogP contribution in [0.3, 0.4) is 0 Å². The van der Waals surface area contributed by atoms with E-state index in [9.17, 15) is 4.79 Å². The molecule has 0 atom stereocenters. The first-order chi connectivity index (χ1) is 14.5. The molecule has 7 heteroatoms. The topological polar surface area (TPSA) is 56.1 Å². The van der Waals surface area contributed by atoms with Gasteiger partial charge in [-0.3, -0.25) is 9.69 Å². The predicted octanol–water partition coefficient (Wildman–Crippen LogP) is 2.48. The van der Waals surface area contributed by atoms with Crippen LogP contribution in [0.15, 0.2) is 36.4 Å². The second-order valence-electron chi connectivity index (χ2n) is 7.72. The lowest BCUT2D eigenvalue weighted by molar-refractivity contribution is -0.906. The van der Waals surface area contributed by atoms with Crippen LogP contribution >= 0.6 is 11.3 Å². The molecule has 1 aliphatic heterocycles. The minimum absolute atomic E-state index is 0.00915. The lowest BCUT2D eigenvalue weighted by Crippen LogP contribution is -3.14. The third kappa shape index (κ3) is 4.48. The van der Waals surface area contributed by atoms with Crippen LogP contribution in [0.2, 0.25) is 0 Å². The number of aryl methyl sites for hydroxylation is 2. The van der Waals surface area contributed by atoms with Crippen LogP contribution in [0, 0.1) is 13.8 Å². The molecule has 0 saturated carbocycles. The number of thiazole rings is 1. The van der Waals surface area contributed by atoms with Crippen molar-refractivity contribution in [3.8, 4) is 5.75 Å². The zero-order chi connectivity index (χ0) is 21.1. The number of nitrogens with one attached hydrogen (secondary N) is 1. The molecule has 0 aliphatic carbocycles. The molecule has 158 valence electrons. The van der Waals surface area contributed by atoms with Gasteiger partial charge in [0.2, 0.25) is 0 Å². The number of quaternary nitrogens is 1. The summed E-state index contributed by atoms with van der Waals surface area (Å²) in [4.78, 5) is 21.7. The van der Waals surface area contributed by atoms with Gasteiger partial charge < -0.3 is 14.4 Å².